The molecule has 10 heavy (non-hydrogen) atoms. The number of alkyl halides is 1. The van der Waals surface area contributed by atoms with Crippen LogP contribution >= 0.6 is 28.6 Å². The van der Waals surface area contributed by atoms with Crippen LogP contribution in [0.25, 0.3) is 0 Å². The molecule has 1 unspecified atom stereocenters. The second-order valence-electron chi connectivity index (χ2n) is 3.08. The molecule has 0 saturated carbocycles. The highest BCUT2D eigenvalue weighted by Crippen LogP contribution is 2.29. The van der Waals surface area contributed by atoms with Crippen molar-refractivity contribution in [2.24, 2.45) is 11.3 Å². The minimum absolute atomic E-state index is 0.0422. The fourth-order valence-corrected chi connectivity index (χ4v) is 1.43. The SMILES string of the molecule is CC(CBr)C(C)(C)C(=O)S. The van der Waals surface area contributed by atoms with Crippen LogP contribution in [-0.2, 0) is 4.79 Å². The van der Waals surface area contributed by atoms with Crippen molar-refractivity contribution in [2.45, 2.75) is 20.8 Å². The summed E-state index contributed by atoms with van der Waals surface area (Å²) in [7, 11) is 0. The van der Waals surface area contributed by atoms with Crippen LogP contribution in [-0.4, -0.2) is 10.4 Å². The predicted octanol–water partition coefficient (Wildman–Crippen LogP) is 2.50. The maximum atomic E-state index is 10.9. The lowest BCUT2D eigenvalue weighted by Crippen LogP contribution is -2.28. The Morgan fingerprint density at radius 2 is 2.10 bits per heavy atom. The van der Waals surface area contributed by atoms with Crippen LogP contribution in [0.4, 0.5) is 0 Å². The van der Waals surface area contributed by atoms with Crippen molar-refractivity contribution in [3.05, 3.63) is 0 Å². The molecule has 0 bridgehead atoms. The van der Waals surface area contributed by atoms with E-state index < -0.39 is 0 Å². The van der Waals surface area contributed by atoms with Gasteiger partial charge in [-0.2, -0.15) is 0 Å². The van der Waals surface area contributed by atoms with Gasteiger partial charge in [0.25, 0.3) is 0 Å². The van der Waals surface area contributed by atoms with Crippen molar-refractivity contribution in [2.75, 3.05) is 5.33 Å². The fourth-order valence-electron chi connectivity index (χ4n) is 0.404. The molecule has 0 aliphatic heterocycles. The molecule has 0 aliphatic carbocycles. The molecule has 0 rings (SSSR count). The van der Waals surface area contributed by atoms with Gasteiger partial charge in [-0.15, -0.1) is 12.6 Å². The summed E-state index contributed by atoms with van der Waals surface area (Å²) in [6.07, 6.45) is 0. The maximum Gasteiger partial charge on any atom is 0.191 e. The maximum absolute atomic E-state index is 10.9. The molecule has 0 fully saturated rings. The summed E-state index contributed by atoms with van der Waals surface area (Å²) < 4.78 is 0. The van der Waals surface area contributed by atoms with Crippen LogP contribution in [0.1, 0.15) is 20.8 Å². The standard InChI is InChI=1S/C7H13BrOS/c1-5(4-8)7(2,3)6(9)10/h5H,4H2,1-3H3,(H,9,10). The van der Waals surface area contributed by atoms with Crippen LogP contribution in [0.2, 0.25) is 0 Å². The summed E-state index contributed by atoms with van der Waals surface area (Å²) in [5.74, 6) is 0.331. The van der Waals surface area contributed by atoms with E-state index >= 15 is 0 Å². The lowest BCUT2D eigenvalue weighted by atomic mass is 9.83. The smallest absolute Gasteiger partial charge is 0.191 e. The molecule has 0 aromatic rings. The predicted molar refractivity (Wildman–Crippen MR) is 50.7 cm³/mol. The number of rotatable bonds is 3. The van der Waals surface area contributed by atoms with E-state index in [4.69, 9.17) is 0 Å². The van der Waals surface area contributed by atoms with Crippen molar-refractivity contribution in [1.82, 2.24) is 0 Å². The normalized spacial score (nSPS) is 14.9. The summed E-state index contributed by atoms with van der Waals surface area (Å²) in [6, 6.07) is 0. The van der Waals surface area contributed by atoms with Crippen molar-refractivity contribution in [1.29, 1.82) is 0 Å². The minimum Gasteiger partial charge on any atom is -0.287 e. The van der Waals surface area contributed by atoms with Gasteiger partial charge in [0.2, 0.25) is 0 Å². The second-order valence-corrected chi connectivity index (χ2v) is 4.14. The van der Waals surface area contributed by atoms with E-state index in [1.54, 1.807) is 0 Å². The molecule has 0 spiro atoms. The van der Waals surface area contributed by atoms with Crippen LogP contribution in [0.15, 0.2) is 0 Å². The summed E-state index contributed by atoms with van der Waals surface area (Å²) in [6.45, 7) is 5.85. The summed E-state index contributed by atoms with van der Waals surface area (Å²) in [5, 5.41) is 0.797. The van der Waals surface area contributed by atoms with E-state index in [9.17, 15) is 4.79 Å². The Hall–Kier alpha value is 0.500. The first-order chi connectivity index (χ1) is 4.42. The molecular formula is C7H13BrOS. The largest absolute Gasteiger partial charge is 0.287 e. The third-order valence-electron chi connectivity index (χ3n) is 2.01. The van der Waals surface area contributed by atoms with Crippen LogP contribution < -0.4 is 0 Å². The van der Waals surface area contributed by atoms with Gasteiger partial charge in [0.05, 0.1) is 0 Å². The highest BCUT2D eigenvalue weighted by Gasteiger charge is 2.30. The number of halogens is 1. The third-order valence-corrected chi connectivity index (χ3v) is 3.56. The van der Waals surface area contributed by atoms with E-state index in [2.05, 4.69) is 28.6 Å². The van der Waals surface area contributed by atoms with Gasteiger partial charge in [0.15, 0.2) is 5.12 Å². The van der Waals surface area contributed by atoms with Gasteiger partial charge in [-0.05, 0) is 5.92 Å². The van der Waals surface area contributed by atoms with Crippen molar-refractivity contribution in [3.63, 3.8) is 0 Å². The lowest BCUT2D eigenvalue weighted by molar-refractivity contribution is -0.119. The zero-order chi connectivity index (χ0) is 8.36. The van der Waals surface area contributed by atoms with Gasteiger partial charge in [-0.1, -0.05) is 36.7 Å². The molecule has 0 amide bonds. The van der Waals surface area contributed by atoms with E-state index in [1.165, 1.54) is 0 Å². The Kier molecular flexibility index (Phi) is 3.95. The molecule has 0 aromatic carbocycles. The van der Waals surface area contributed by atoms with Crippen LogP contribution in [0.5, 0.6) is 0 Å². The quantitative estimate of drug-likeness (QED) is 0.576. The molecule has 0 radical (unpaired) electrons. The number of thiol groups is 1. The minimum atomic E-state index is -0.313. The first-order valence-corrected chi connectivity index (χ1v) is 4.79. The number of carbonyl (C=O) groups is 1. The highest BCUT2D eigenvalue weighted by molar-refractivity contribution is 9.09. The molecule has 0 saturated heterocycles. The Labute approximate surface area is 76.1 Å². The molecule has 1 nitrogen and oxygen atoms in total. The van der Waals surface area contributed by atoms with Gasteiger partial charge in [-0.25, -0.2) is 0 Å². The topological polar surface area (TPSA) is 17.1 Å². The van der Waals surface area contributed by atoms with Crippen LogP contribution in [0, 0.1) is 11.3 Å². The number of carbonyl (C=O) groups excluding carboxylic acids is 1. The average molecular weight is 225 g/mol. The van der Waals surface area contributed by atoms with Crippen LogP contribution in [0.3, 0.4) is 0 Å². The van der Waals surface area contributed by atoms with Gasteiger partial charge in [-0.3, -0.25) is 4.79 Å². The molecule has 0 aliphatic rings. The summed E-state index contributed by atoms with van der Waals surface area (Å²) in [5.41, 5.74) is -0.313. The van der Waals surface area contributed by atoms with Gasteiger partial charge in [0, 0.05) is 10.7 Å². The molecule has 3 heteroatoms. The molecule has 0 N–H and O–H groups in total. The van der Waals surface area contributed by atoms with Crippen molar-refractivity contribution in [3.8, 4) is 0 Å². The zero-order valence-electron chi connectivity index (χ0n) is 6.52. The Morgan fingerprint density at radius 1 is 1.70 bits per heavy atom. The Balaban J connectivity index is 4.23. The summed E-state index contributed by atoms with van der Waals surface area (Å²) in [4.78, 5) is 10.9. The fraction of sp³-hybridized carbons (Fsp3) is 0.857. The monoisotopic (exact) mass is 224 g/mol. The van der Waals surface area contributed by atoms with E-state index in [-0.39, 0.29) is 10.5 Å². The third kappa shape index (κ3) is 2.27. The molecule has 60 valence electrons. The Bertz CT molecular complexity index is 134. The van der Waals surface area contributed by atoms with E-state index in [0.29, 0.717) is 5.92 Å². The first-order valence-electron chi connectivity index (χ1n) is 3.22. The zero-order valence-corrected chi connectivity index (χ0v) is 9.00. The van der Waals surface area contributed by atoms with Crippen molar-refractivity contribution >= 4 is 33.7 Å². The summed E-state index contributed by atoms with van der Waals surface area (Å²) >= 11 is 7.14. The van der Waals surface area contributed by atoms with E-state index in [0.717, 1.165) is 5.33 Å². The molecule has 1 atom stereocenters. The van der Waals surface area contributed by atoms with Crippen molar-refractivity contribution < 1.29 is 4.79 Å². The first kappa shape index (κ1) is 10.5. The molecular weight excluding hydrogens is 212 g/mol. The highest BCUT2D eigenvalue weighted by atomic mass is 79.9. The van der Waals surface area contributed by atoms with Gasteiger partial charge in [0.1, 0.15) is 0 Å². The number of hydrogen-bond donors (Lipinski definition) is 1. The van der Waals surface area contributed by atoms with Gasteiger partial charge < -0.3 is 0 Å². The molecule has 0 heterocycles. The van der Waals surface area contributed by atoms with Gasteiger partial charge >= 0.3 is 0 Å². The average Bonchev–Trinajstić information content (AvgIpc) is 1.86. The molecule has 0 aromatic heterocycles. The second kappa shape index (κ2) is 3.77. The lowest BCUT2D eigenvalue weighted by Gasteiger charge is -2.26. The number of hydrogen-bond acceptors (Lipinski definition) is 1. The van der Waals surface area contributed by atoms with E-state index in [1.807, 2.05) is 20.8 Å². The Morgan fingerprint density at radius 3 is 2.20 bits per heavy atom.